The van der Waals surface area contributed by atoms with Crippen LogP contribution in [0.15, 0.2) is 36.7 Å². The fourth-order valence-electron chi connectivity index (χ4n) is 2.74. The summed E-state index contributed by atoms with van der Waals surface area (Å²) in [5.41, 5.74) is 5.13. The van der Waals surface area contributed by atoms with Crippen molar-refractivity contribution in [1.29, 1.82) is 0 Å². The van der Waals surface area contributed by atoms with E-state index in [1.54, 1.807) is 18.2 Å². The third-order valence-corrected chi connectivity index (χ3v) is 4.95. The van der Waals surface area contributed by atoms with Gasteiger partial charge in [-0.25, -0.2) is 9.59 Å². The number of ketones is 1. The first-order chi connectivity index (χ1) is 17.6. The average Bonchev–Trinajstić information content (AvgIpc) is 2.80. The van der Waals surface area contributed by atoms with Gasteiger partial charge in [-0.15, -0.1) is 0 Å². The maximum absolute atomic E-state index is 12.2. The molecule has 5 N–H and O–H groups in total. The van der Waals surface area contributed by atoms with E-state index in [1.165, 1.54) is 18.5 Å². The maximum atomic E-state index is 12.2. The van der Waals surface area contributed by atoms with Crippen molar-refractivity contribution >= 4 is 58.5 Å². The molecule has 206 valence electrons. The van der Waals surface area contributed by atoms with Crippen molar-refractivity contribution in [3.63, 3.8) is 0 Å². The van der Waals surface area contributed by atoms with E-state index in [-0.39, 0.29) is 23.0 Å². The lowest BCUT2D eigenvalue weighted by Gasteiger charge is -2.20. The summed E-state index contributed by atoms with van der Waals surface area (Å²) in [5.74, 6) is -3.41. The number of nitrogens with zero attached hydrogens (tertiary/aromatic N) is 1. The Balaban J connectivity index is 0.000000415. The molecule has 0 fully saturated rings. The molecule has 0 saturated carbocycles. The van der Waals surface area contributed by atoms with Crippen LogP contribution in [0.4, 0.5) is 10.5 Å². The Kier molecular flexibility index (Phi) is 12.7. The number of aromatic nitrogens is 1. The zero-order valence-electron chi connectivity index (χ0n) is 21.3. The number of primary amides is 1. The number of pyridine rings is 1. The predicted molar refractivity (Wildman–Crippen MR) is 142 cm³/mol. The van der Waals surface area contributed by atoms with E-state index in [4.69, 9.17) is 38.8 Å². The van der Waals surface area contributed by atoms with Gasteiger partial charge in [-0.3, -0.25) is 19.4 Å². The first-order valence-electron chi connectivity index (χ1n) is 11.3. The molecular weight excluding hydrogens is 539 g/mol. The Hall–Kier alpha value is -3.70. The van der Waals surface area contributed by atoms with Gasteiger partial charge in [0, 0.05) is 34.8 Å². The molecule has 1 aromatic carbocycles. The molecule has 0 aliphatic heterocycles. The van der Waals surface area contributed by atoms with Gasteiger partial charge in [0.25, 0.3) is 0 Å². The Morgan fingerprint density at radius 3 is 2.16 bits per heavy atom. The van der Waals surface area contributed by atoms with E-state index in [0.717, 1.165) is 0 Å². The molecule has 1 aromatic heterocycles. The summed E-state index contributed by atoms with van der Waals surface area (Å²) in [4.78, 5) is 59.0. The number of carboxylic acids is 1. The summed E-state index contributed by atoms with van der Waals surface area (Å²) in [6.45, 7) is 7.86. The summed E-state index contributed by atoms with van der Waals surface area (Å²) in [7, 11) is 0. The van der Waals surface area contributed by atoms with Crippen molar-refractivity contribution in [2.24, 2.45) is 11.7 Å². The number of nitrogens with two attached hydrogens (primary N) is 1. The molecule has 0 aliphatic carbocycles. The number of carbonyl (C=O) groups excluding carboxylic acids is 4. The first-order valence-corrected chi connectivity index (χ1v) is 12.1. The number of hydrogen-bond acceptors (Lipinski definition) is 7. The summed E-state index contributed by atoms with van der Waals surface area (Å²) < 4.78 is 5.16. The van der Waals surface area contributed by atoms with Crippen LogP contribution in [0.25, 0.3) is 0 Å². The third-order valence-electron chi connectivity index (χ3n) is 4.52. The van der Waals surface area contributed by atoms with Gasteiger partial charge in [0.15, 0.2) is 5.78 Å². The molecule has 2 aromatic rings. The van der Waals surface area contributed by atoms with E-state index in [2.05, 4.69) is 10.3 Å². The molecule has 3 amide bonds. The van der Waals surface area contributed by atoms with Crippen LogP contribution in [0, 0.1) is 5.92 Å². The highest BCUT2D eigenvalue weighted by atomic mass is 35.5. The second kappa shape index (κ2) is 14.9. The fraction of sp³-hybridized carbons (Fsp3) is 0.360. The second-order valence-corrected chi connectivity index (χ2v) is 10.1. The number of amides is 3. The van der Waals surface area contributed by atoms with Crippen LogP contribution in [-0.4, -0.2) is 51.9 Å². The third kappa shape index (κ3) is 13.0. The lowest BCUT2D eigenvalue weighted by atomic mass is 10.00. The number of benzene rings is 1. The zero-order chi connectivity index (χ0) is 29.0. The second-order valence-electron chi connectivity index (χ2n) is 9.19. The van der Waals surface area contributed by atoms with E-state index in [0.29, 0.717) is 35.0 Å². The van der Waals surface area contributed by atoms with Gasteiger partial charge in [-0.1, -0.05) is 30.1 Å². The van der Waals surface area contributed by atoms with E-state index in [9.17, 15) is 24.0 Å². The topological polar surface area (TPSA) is 178 Å². The molecule has 0 radical (unpaired) electrons. The number of alkyl carbamates (subject to hydrolysis) is 1. The lowest BCUT2D eigenvalue weighted by molar-refractivity contribution is -0.147. The van der Waals surface area contributed by atoms with Crippen LogP contribution in [0.5, 0.6) is 0 Å². The highest BCUT2D eigenvalue weighted by molar-refractivity contribution is 6.36. The Morgan fingerprint density at radius 1 is 1.03 bits per heavy atom. The molecule has 0 bridgehead atoms. The fourth-order valence-corrected chi connectivity index (χ4v) is 3.26. The molecule has 1 unspecified atom stereocenters. The number of aliphatic carboxylic acids is 1. The molecule has 11 nitrogen and oxygen atoms in total. The standard InChI is InChI=1S/C17H23Cl2NO3.C8H7N3O4/c1-11(10-20-16(22)23-17(2,3)4)5-6-15(21)12-7-13(18)9-14(19)8-12;9-6(12)4-1-5(3-10-2-4)11-7(13)8(14)15/h7-9,11H,5-6,10H2,1-4H3,(H,20,22);1-3H,(H2,9,12)(H,11,13)(H,14,15). The number of nitrogens with one attached hydrogen (secondary N) is 2. The van der Waals surface area contributed by atoms with Crippen LogP contribution in [0.2, 0.25) is 10.0 Å². The molecule has 13 heteroatoms. The van der Waals surface area contributed by atoms with Crippen LogP contribution in [0.3, 0.4) is 0 Å². The molecule has 0 saturated heterocycles. The molecular formula is C25H30Cl2N4O7. The number of anilines is 1. The van der Waals surface area contributed by atoms with Crippen LogP contribution in [0.1, 0.15) is 61.3 Å². The van der Waals surface area contributed by atoms with Gasteiger partial charge in [0.05, 0.1) is 17.4 Å². The first kappa shape index (κ1) is 32.3. The van der Waals surface area contributed by atoms with Crippen molar-refractivity contribution in [3.05, 3.63) is 57.8 Å². The van der Waals surface area contributed by atoms with Gasteiger partial charge in [-0.05, 0) is 57.4 Å². The van der Waals surface area contributed by atoms with Crippen LogP contribution >= 0.6 is 23.2 Å². The van der Waals surface area contributed by atoms with Crippen molar-refractivity contribution < 1.29 is 33.8 Å². The molecule has 0 spiro atoms. The van der Waals surface area contributed by atoms with E-state index >= 15 is 0 Å². The minimum absolute atomic E-state index is 0.0153. The normalized spacial score (nSPS) is 11.3. The van der Waals surface area contributed by atoms with Gasteiger partial charge in [-0.2, -0.15) is 0 Å². The van der Waals surface area contributed by atoms with Gasteiger partial charge in [0.1, 0.15) is 5.60 Å². The van der Waals surface area contributed by atoms with E-state index in [1.807, 2.05) is 33.0 Å². The minimum Gasteiger partial charge on any atom is -0.474 e. The number of halogens is 2. The van der Waals surface area contributed by atoms with Crippen LogP contribution in [-0.2, 0) is 14.3 Å². The number of ether oxygens (including phenoxy) is 1. The molecule has 0 aliphatic rings. The van der Waals surface area contributed by atoms with Gasteiger partial charge in [0.2, 0.25) is 5.91 Å². The monoisotopic (exact) mass is 568 g/mol. The van der Waals surface area contributed by atoms with Crippen molar-refractivity contribution in [2.75, 3.05) is 11.9 Å². The number of hydrogen-bond donors (Lipinski definition) is 4. The minimum atomic E-state index is -1.63. The number of rotatable bonds is 8. The number of Topliss-reactive ketones (excluding diaryl/α,β-unsaturated/α-hetero) is 1. The summed E-state index contributed by atoms with van der Waals surface area (Å²) in [5, 5.41) is 13.9. The summed E-state index contributed by atoms with van der Waals surface area (Å²) >= 11 is 11.8. The molecule has 1 heterocycles. The Morgan fingerprint density at radius 2 is 1.63 bits per heavy atom. The largest absolute Gasteiger partial charge is 0.474 e. The molecule has 1 atom stereocenters. The highest BCUT2D eigenvalue weighted by Crippen LogP contribution is 2.21. The van der Waals surface area contributed by atoms with Crippen molar-refractivity contribution in [1.82, 2.24) is 10.3 Å². The quantitative estimate of drug-likeness (QED) is 0.268. The van der Waals surface area contributed by atoms with E-state index < -0.39 is 29.5 Å². The Labute approximate surface area is 230 Å². The maximum Gasteiger partial charge on any atom is 0.407 e. The highest BCUT2D eigenvalue weighted by Gasteiger charge is 2.17. The molecule has 2 rings (SSSR count). The SMILES string of the molecule is CC(CCC(=O)c1cc(Cl)cc(Cl)c1)CNC(=O)OC(C)(C)C.NC(=O)c1cncc(NC(=O)C(=O)O)c1. The van der Waals surface area contributed by atoms with Crippen molar-refractivity contribution in [2.45, 2.75) is 46.1 Å². The lowest BCUT2D eigenvalue weighted by Crippen LogP contribution is -2.34. The van der Waals surface area contributed by atoms with Crippen molar-refractivity contribution in [3.8, 4) is 0 Å². The molecule has 38 heavy (non-hydrogen) atoms. The Bertz CT molecular complexity index is 1160. The number of carbonyl (C=O) groups is 5. The summed E-state index contributed by atoms with van der Waals surface area (Å²) in [6.07, 6.45) is 2.98. The zero-order valence-corrected chi connectivity index (χ0v) is 22.9. The average molecular weight is 569 g/mol. The number of carboxylic acid groups (broad SMARTS) is 1. The van der Waals surface area contributed by atoms with Gasteiger partial charge < -0.3 is 26.2 Å². The van der Waals surface area contributed by atoms with Crippen LogP contribution < -0.4 is 16.4 Å². The predicted octanol–water partition coefficient (Wildman–Crippen LogP) is 4.32. The smallest absolute Gasteiger partial charge is 0.407 e. The summed E-state index contributed by atoms with van der Waals surface area (Å²) in [6, 6.07) is 6.04. The van der Waals surface area contributed by atoms with Gasteiger partial charge >= 0.3 is 18.0 Å².